The average Bonchev–Trinajstić information content (AvgIpc) is 3.80. The van der Waals surface area contributed by atoms with Crippen LogP contribution < -0.4 is 4.90 Å². The molecular weight excluding hydrogens is 669 g/mol. The molecule has 2 aromatic heterocycles. The molecule has 0 atom stereocenters. The summed E-state index contributed by atoms with van der Waals surface area (Å²) < 4.78 is 8.60. The van der Waals surface area contributed by atoms with E-state index in [4.69, 9.17) is 4.42 Å². The normalized spacial score (nSPS) is 11.6. The smallest absolute Gasteiger partial charge is 0.135 e. The lowest BCUT2D eigenvalue weighted by Crippen LogP contribution is -2.11. The summed E-state index contributed by atoms with van der Waals surface area (Å²) in [6, 6.07) is 74.1. The van der Waals surface area contributed by atoms with Crippen LogP contribution in [0.25, 0.3) is 82.5 Å². The van der Waals surface area contributed by atoms with Crippen molar-refractivity contribution in [2.45, 2.75) is 0 Å². The Morgan fingerprint density at radius 2 is 0.964 bits per heavy atom. The second kappa shape index (κ2) is 12.6. The largest absolute Gasteiger partial charge is 0.456 e. The van der Waals surface area contributed by atoms with Crippen molar-refractivity contribution in [3.8, 4) is 27.9 Å². The predicted octanol–water partition coefficient (Wildman–Crippen LogP) is 14.6. The number of aromatic nitrogens is 1. The fourth-order valence-corrected chi connectivity index (χ4v) is 8.47. The van der Waals surface area contributed by atoms with E-state index in [1.807, 2.05) is 12.1 Å². The number of hydrogen-bond acceptors (Lipinski definition) is 2. The monoisotopic (exact) mass is 702 g/mol. The first-order chi connectivity index (χ1) is 27.3. The van der Waals surface area contributed by atoms with Crippen LogP contribution in [0.4, 0.5) is 17.1 Å². The molecule has 258 valence electrons. The van der Waals surface area contributed by atoms with Crippen LogP contribution in [-0.2, 0) is 0 Å². The second-order valence-corrected chi connectivity index (χ2v) is 14.1. The van der Waals surface area contributed by atoms with E-state index >= 15 is 0 Å². The molecule has 9 aromatic carbocycles. The van der Waals surface area contributed by atoms with Gasteiger partial charge < -0.3 is 13.9 Å². The Balaban J connectivity index is 1.10. The lowest BCUT2D eigenvalue weighted by atomic mass is 9.97. The third-order valence-electron chi connectivity index (χ3n) is 11.0. The maximum absolute atomic E-state index is 6.23. The van der Waals surface area contributed by atoms with Crippen LogP contribution in [0.1, 0.15) is 0 Å². The minimum atomic E-state index is 0.891. The van der Waals surface area contributed by atoms with E-state index < -0.39 is 0 Å². The van der Waals surface area contributed by atoms with Gasteiger partial charge in [-0.25, -0.2) is 0 Å². The quantitative estimate of drug-likeness (QED) is 0.172. The Kier molecular flexibility index (Phi) is 7.17. The van der Waals surface area contributed by atoms with Crippen molar-refractivity contribution in [1.82, 2.24) is 4.57 Å². The van der Waals surface area contributed by atoms with Gasteiger partial charge in [-0.1, -0.05) is 133 Å². The number of anilines is 3. The van der Waals surface area contributed by atoms with E-state index in [2.05, 4.69) is 204 Å². The molecule has 3 heteroatoms. The highest BCUT2D eigenvalue weighted by Gasteiger charge is 2.20. The molecule has 11 aromatic rings. The summed E-state index contributed by atoms with van der Waals surface area (Å²) in [5.41, 5.74) is 13.2. The van der Waals surface area contributed by atoms with Crippen molar-refractivity contribution in [2.75, 3.05) is 4.90 Å². The number of rotatable bonds is 6. The predicted molar refractivity (Wildman–Crippen MR) is 231 cm³/mol. The topological polar surface area (TPSA) is 21.3 Å². The third-order valence-corrected chi connectivity index (χ3v) is 11.0. The van der Waals surface area contributed by atoms with Gasteiger partial charge in [0.2, 0.25) is 0 Å². The van der Waals surface area contributed by atoms with Gasteiger partial charge in [-0.2, -0.15) is 0 Å². The van der Waals surface area contributed by atoms with Crippen molar-refractivity contribution >= 4 is 71.6 Å². The number of hydrogen-bond donors (Lipinski definition) is 0. The molecule has 11 rings (SSSR count). The van der Waals surface area contributed by atoms with Gasteiger partial charge in [-0.05, 0) is 100 Å². The highest BCUT2D eigenvalue weighted by atomic mass is 16.3. The molecule has 2 heterocycles. The Hall–Kier alpha value is -7.36. The van der Waals surface area contributed by atoms with Gasteiger partial charge in [-0.15, -0.1) is 0 Å². The number of para-hydroxylation sites is 4. The van der Waals surface area contributed by atoms with Crippen molar-refractivity contribution < 1.29 is 4.42 Å². The minimum Gasteiger partial charge on any atom is -0.456 e. The lowest BCUT2D eigenvalue weighted by Gasteiger charge is -2.28. The van der Waals surface area contributed by atoms with Crippen LogP contribution >= 0.6 is 0 Å². The Bertz CT molecular complexity index is 3160. The van der Waals surface area contributed by atoms with E-state index in [0.717, 1.165) is 55.8 Å². The van der Waals surface area contributed by atoms with E-state index in [1.54, 1.807) is 0 Å². The van der Waals surface area contributed by atoms with Crippen LogP contribution in [0, 0.1) is 0 Å². The zero-order valence-corrected chi connectivity index (χ0v) is 29.9. The van der Waals surface area contributed by atoms with Crippen LogP contribution in [-0.4, -0.2) is 4.57 Å². The summed E-state index contributed by atoms with van der Waals surface area (Å²) in [6.45, 7) is 0. The Morgan fingerprint density at radius 3 is 1.78 bits per heavy atom. The standard InChI is InChI=1S/C52H34N2O/c1-2-17-41-35(13-1)14-12-22-42(41)36-15-11-16-40(33-36)53(38-28-30-39(31-29-38)54-49-24-8-4-19-44(49)45-20-5-9-25-50(45)54)48-23-7-3-18-43(48)37-27-32-52-47(34-37)46-21-6-10-26-51(46)55-52/h1-34H. The molecule has 0 aliphatic carbocycles. The molecule has 0 unspecified atom stereocenters. The number of benzene rings is 9. The second-order valence-electron chi connectivity index (χ2n) is 14.1. The summed E-state index contributed by atoms with van der Waals surface area (Å²) in [6.07, 6.45) is 0. The number of nitrogens with zero attached hydrogens (tertiary/aromatic N) is 2. The molecule has 0 amide bonds. The Morgan fingerprint density at radius 1 is 0.364 bits per heavy atom. The SMILES string of the molecule is c1cc(-c2cccc3ccccc23)cc(N(c2ccc(-n3c4ccccc4c4ccccc43)cc2)c2ccccc2-c2ccc3oc4ccccc4c3c2)c1. The molecule has 0 spiro atoms. The highest BCUT2D eigenvalue weighted by molar-refractivity contribution is 6.09. The summed E-state index contributed by atoms with van der Waals surface area (Å²) in [7, 11) is 0. The van der Waals surface area contributed by atoms with Crippen LogP contribution in [0.5, 0.6) is 0 Å². The zero-order chi connectivity index (χ0) is 36.3. The maximum Gasteiger partial charge on any atom is 0.135 e. The average molecular weight is 703 g/mol. The van der Waals surface area contributed by atoms with Gasteiger partial charge in [0, 0.05) is 44.2 Å². The molecule has 0 fully saturated rings. The molecule has 0 saturated carbocycles. The lowest BCUT2D eigenvalue weighted by molar-refractivity contribution is 0.669. The summed E-state index contributed by atoms with van der Waals surface area (Å²) in [4.78, 5) is 2.40. The van der Waals surface area contributed by atoms with Crippen LogP contribution in [0.15, 0.2) is 211 Å². The van der Waals surface area contributed by atoms with Crippen molar-refractivity contribution in [1.29, 1.82) is 0 Å². The molecule has 0 saturated heterocycles. The molecule has 3 nitrogen and oxygen atoms in total. The van der Waals surface area contributed by atoms with Crippen LogP contribution in [0.3, 0.4) is 0 Å². The molecule has 55 heavy (non-hydrogen) atoms. The third kappa shape index (κ3) is 5.13. The van der Waals surface area contributed by atoms with E-state index in [0.29, 0.717) is 0 Å². The molecule has 0 bridgehead atoms. The first-order valence-corrected chi connectivity index (χ1v) is 18.8. The minimum absolute atomic E-state index is 0.891. The van der Waals surface area contributed by atoms with Gasteiger partial charge in [0.15, 0.2) is 0 Å². The van der Waals surface area contributed by atoms with Gasteiger partial charge in [0.05, 0.1) is 16.7 Å². The van der Waals surface area contributed by atoms with Gasteiger partial charge in [-0.3, -0.25) is 0 Å². The number of furan rings is 1. The fraction of sp³-hybridized carbons (Fsp3) is 0. The first kappa shape index (κ1) is 31.2. The van der Waals surface area contributed by atoms with E-state index in [-0.39, 0.29) is 0 Å². The molecule has 0 aliphatic heterocycles. The van der Waals surface area contributed by atoms with Crippen molar-refractivity contribution in [3.05, 3.63) is 206 Å². The molecule has 0 radical (unpaired) electrons. The molecular formula is C52H34N2O. The van der Waals surface area contributed by atoms with E-state index in [1.165, 1.54) is 43.7 Å². The van der Waals surface area contributed by atoms with E-state index in [9.17, 15) is 0 Å². The zero-order valence-electron chi connectivity index (χ0n) is 29.9. The fourth-order valence-electron chi connectivity index (χ4n) is 8.47. The van der Waals surface area contributed by atoms with Crippen molar-refractivity contribution in [2.24, 2.45) is 0 Å². The summed E-state index contributed by atoms with van der Waals surface area (Å²) in [5, 5.41) is 7.22. The van der Waals surface area contributed by atoms with Gasteiger partial charge >= 0.3 is 0 Å². The van der Waals surface area contributed by atoms with Gasteiger partial charge in [0.25, 0.3) is 0 Å². The van der Waals surface area contributed by atoms with Gasteiger partial charge in [0.1, 0.15) is 11.2 Å². The highest BCUT2D eigenvalue weighted by Crippen LogP contribution is 2.44. The molecule has 0 aliphatic rings. The first-order valence-electron chi connectivity index (χ1n) is 18.8. The summed E-state index contributed by atoms with van der Waals surface area (Å²) in [5.74, 6) is 0. The molecule has 0 N–H and O–H groups in total. The number of fused-ring (bicyclic) bond motifs is 7. The Labute approximate surface area is 318 Å². The van der Waals surface area contributed by atoms with Crippen LogP contribution in [0.2, 0.25) is 0 Å². The van der Waals surface area contributed by atoms with Crippen molar-refractivity contribution in [3.63, 3.8) is 0 Å². The summed E-state index contributed by atoms with van der Waals surface area (Å²) >= 11 is 0. The maximum atomic E-state index is 6.23.